The fraction of sp³-hybridized carbons (Fsp3) is 0.480. The number of nitrogens with zero attached hydrogens (tertiary/aromatic N) is 4. The molecular weight excluding hydrogens is 438 g/mol. The minimum absolute atomic E-state index is 0.0493. The Balaban J connectivity index is 1.22. The number of piperazine rings is 1. The van der Waals surface area contributed by atoms with Gasteiger partial charge in [0.1, 0.15) is 5.82 Å². The molecule has 2 aromatic rings. The molecule has 2 aliphatic rings. The molecule has 0 saturated carbocycles. The van der Waals surface area contributed by atoms with Crippen LogP contribution in [-0.2, 0) is 16.1 Å². The highest BCUT2D eigenvalue weighted by Gasteiger charge is 2.29. The molecule has 2 amide bonds. The van der Waals surface area contributed by atoms with Crippen molar-refractivity contribution in [2.45, 2.75) is 26.3 Å². The van der Waals surface area contributed by atoms with E-state index in [1.165, 1.54) is 17.3 Å². The molecule has 1 unspecified atom stereocenters. The van der Waals surface area contributed by atoms with Gasteiger partial charge in [-0.25, -0.2) is 4.98 Å². The highest BCUT2D eigenvalue weighted by atomic mass is 35.5. The molecule has 0 spiro atoms. The Labute approximate surface area is 200 Å². The second-order valence-corrected chi connectivity index (χ2v) is 9.45. The number of likely N-dealkylation sites (tertiary alicyclic amines) is 1. The third-order valence-corrected chi connectivity index (χ3v) is 6.82. The Kier molecular flexibility index (Phi) is 7.96. The van der Waals surface area contributed by atoms with Crippen LogP contribution < -0.4 is 5.32 Å². The molecule has 1 atom stereocenters. The number of rotatable bonds is 6. The standard InChI is InChI=1S/C25H32ClN5O2/c1-19-5-2-3-6-20(19)16-29-11-13-31(14-12-29)24(32)18-30-10-4-7-21(17-30)25(33)28-23-9-8-22(26)15-27-23/h2-3,5-6,8-9,15,21H,4,7,10-14,16-18H2,1H3,(H,27,28,33). The molecule has 176 valence electrons. The van der Waals surface area contributed by atoms with Crippen LogP contribution in [0, 0.1) is 12.8 Å². The molecule has 3 heterocycles. The monoisotopic (exact) mass is 469 g/mol. The zero-order chi connectivity index (χ0) is 23.2. The average Bonchev–Trinajstić information content (AvgIpc) is 2.82. The molecule has 7 nitrogen and oxygen atoms in total. The molecule has 0 radical (unpaired) electrons. The molecule has 8 heteroatoms. The van der Waals surface area contributed by atoms with Crippen molar-refractivity contribution < 1.29 is 9.59 Å². The highest BCUT2D eigenvalue weighted by Crippen LogP contribution is 2.19. The number of halogens is 1. The normalized spacial score (nSPS) is 19.9. The van der Waals surface area contributed by atoms with Crippen LogP contribution in [-0.4, -0.2) is 77.3 Å². The topological polar surface area (TPSA) is 68.8 Å². The molecule has 4 rings (SSSR count). The van der Waals surface area contributed by atoms with Gasteiger partial charge >= 0.3 is 0 Å². The van der Waals surface area contributed by atoms with Crippen LogP contribution in [0.2, 0.25) is 5.02 Å². The van der Waals surface area contributed by atoms with Crippen molar-refractivity contribution >= 4 is 29.2 Å². The first-order valence-corrected chi connectivity index (χ1v) is 12.0. The van der Waals surface area contributed by atoms with Crippen molar-refractivity contribution in [3.05, 3.63) is 58.7 Å². The molecule has 1 aromatic heterocycles. The summed E-state index contributed by atoms with van der Waals surface area (Å²) in [5, 5.41) is 3.40. The van der Waals surface area contributed by atoms with E-state index in [0.717, 1.165) is 52.1 Å². The smallest absolute Gasteiger partial charge is 0.236 e. The number of benzene rings is 1. The van der Waals surface area contributed by atoms with Gasteiger partial charge in [0.25, 0.3) is 0 Å². The lowest BCUT2D eigenvalue weighted by Gasteiger charge is -2.37. The molecule has 1 N–H and O–H groups in total. The van der Waals surface area contributed by atoms with Gasteiger partial charge in [-0.05, 0) is 49.6 Å². The number of hydrogen-bond donors (Lipinski definition) is 1. The SMILES string of the molecule is Cc1ccccc1CN1CCN(C(=O)CN2CCCC(C(=O)Nc3ccc(Cl)cn3)C2)CC1. The minimum atomic E-state index is -0.144. The number of piperidine rings is 1. The summed E-state index contributed by atoms with van der Waals surface area (Å²) in [7, 11) is 0. The Morgan fingerprint density at radius 2 is 1.85 bits per heavy atom. The van der Waals surface area contributed by atoms with Crippen molar-refractivity contribution in [3.8, 4) is 0 Å². The first kappa shape index (κ1) is 23.7. The van der Waals surface area contributed by atoms with Crippen LogP contribution in [0.4, 0.5) is 5.82 Å². The van der Waals surface area contributed by atoms with Gasteiger partial charge in [-0.3, -0.25) is 19.4 Å². The van der Waals surface area contributed by atoms with Crippen LogP contribution in [0.15, 0.2) is 42.6 Å². The second kappa shape index (κ2) is 11.1. The lowest BCUT2D eigenvalue weighted by atomic mass is 9.97. The predicted molar refractivity (Wildman–Crippen MR) is 130 cm³/mol. The fourth-order valence-corrected chi connectivity index (χ4v) is 4.68. The van der Waals surface area contributed by atoms with E-state index in [2.05, 4.69) is 51.3 Å². The number of nitrogens with one attached hydrogen (secondary N) is 1. The molecule has 33 heavy (non-hydrogen) atoms. The Morgan fingerprint density at radius 3 is 2.58 bits per heavy atom. The molecule has 0 aliphatic carbocycles. The van der Waals surface area contributed by atoms with E-state index in [-0.39, 0.29) is 17.7 Å². The van der Waals surface area contributed by atoms with Crippen LogP contribution in [0.5, 0.6) is 0 Å². The van der Waals surface area contributed by atoms with Gasteiger partial charge in [-0.2, -0.15) is 0 Å². The maximum absolute atomic E-state index is 12.9. The van der Waals surface area contributed by atoms with E-state index >= 15 is 0 Å². The van der Waals surface area contributed by atoms with E-state index in [1.54, 1.807) is 12.1 Å². The fourth-order valence-electron chi connectivity index (χ4n) is 4.57. The van der Waals surface area contributed by atoms with Gasteiger partial charge in [0.05, 0.1) is 17.5 Å². The zero-order valence-electron chi connectivity index (χ0n) is 19.2. The van der Waals surface area contributed by atoms with Gasteiger partial charge in [0.15, 0.2) is 0 Å². The van der Waals surface area contributed by atoms with Crippen molar-refractivity contribution in [3.63, 3.8) is 0 Å². The van der Waals surface area contributed by atoms with E-state index < -0.39 is 0 Å². The van der Waals surface area contributed by atoms with Gasteiger partial charge in [-0.15, -0.1) is 0 Å². The Bertz CT molecular complexity index is 960. The number of carbonyl (C=O) groups is 2. The van der Waals surface area contributed by atoms with Gasteiger partial charge in [0, 0.05) is 45.5 Å². The van der Waals surface area contributed by atoms with Crippen LogP contribution in [0.1, 0.15) is 24.0 Å². The number of amides is 2. The number of pyridine rings is 1. The third-order valence-electron chi connectivity index (χ3n) is 6.59. The summed E-state index contributed by atoms with van der Waals surface area (Å²) in [6.45, 7) is 8.18. The van der Waals surface area contributed by atoms with E-state index in [4.69, 9.17) is 11.6 Å². The summed E-state index contributed by atoms with van der Waals surface area (Å²) in [4.78, 5) is 36.2. The summed E-state index contributed by atoms with van der Waals surface area (Å²) in [6, 6.07) is 11.9. The quantitative estimate of drug-likeness (QED) is 0.704. The van der Waals surface area contributed by atoms with Gasteiger partial charge in [0.2, 0.25) is 11.8 Å². The predicted octanol–water partition coefficient (Wildman–Crippen LogP) is 3.04. The molecule has 2 fully saturated rings. The summed E-state index contributed by atoms with van der Waals surface area (Å²) in [6.07, 6.45) is 3.25. The van der Waals surface area contributed by atoms with Crippen LogP contribution >= 0.6 is 11.6 Å². The molecule has 2 saturated heterocycles. The molecule has 1 aromatic carbocycles. The Morgan fingerprint density at radius 1 is 1.06 bits per heavy atom. The molecule has 2 aliphatic heterocycles. The largest absolute Gasteiger partial charge is 0.339 e. The lowest BCUT2D eigenvalue weighted by Crippen LogP contribution is -2.52. The number of anilines is 1. The highest BCUT2D eigenvalue weighted by molar-refractivity contribution is 6.30. The summed E-state index contributed by atoms with van der Waals surface area (Å²) in [5.74, 6) is 0.467. The molecule has 0 bridgehead atoms. The third kappa shape index (κ3) is 6.53. The van der Waals surface area contributed by atoms with Crippen molar-refractivity contribution in [1.82, 2.24) is 19.7 Å². The number of aryl methyl sites for hydroxylation is 1. The van der Waals surface area contributed by atoms with Crippen LogP contribution in [0.3, 0.4) is 0 Å². The average molecular weight is 470 g/mol. The zero-order valence-corrected chi connectivity index (χ0v) is 19.9. The van der Waals surface area contributed by atoms with Crippen molar-refractivity contribution in [2.24, 2.45) is 5.92 Å². The number of hydrogen-bond acceptors (Lipinski definition) is 5. The lowest BCUT2D eigenvalue weighted by molar-refractivity contribution is -0.135. The maximum Gasteiger partial charge on any atom is 0.236 e. The van der Waals surface area contributed by atoms with Crippen molar-refractivity contribution in [2.75, 3.05) is 51.1 Å². The Hall–Kier alpha value is -2.48. The van der Waals surface area contributed by atoms with E-state index in [9.17, 15) is 9.59 Å². The minimum Gasteiger partial charge on any atom is -0.339 e. The van der Waals surface area contributed by atoms with E-state index in [1.807, 2.05) is 4.90 Å². The first-order chi connectivity index (χ1) is 16.0. The summed E-state index contributed by atoms with van der Waals surface area (Å²) in [5.41, 5.74) is 2.66. The number of aromatic nitrogens is 1. The van der Waals surface area contributed by atoms with Gasteiger partial charge in [-0.1, -0.05) is 35.9 Å². The van der Waals surface area contributed by atoms with E-state index in [0.29, 0.717) is 23.9 Å². The first-order valence-electron chi connectivity index (χ1n) is 11.7. The summed E-state index contributed by atoms with van der Waals surface area (Å²) < 4.78 is 0. The van der Waals surface area contributed by atoms with Crippen LogP contribution in [0.25, 0.3) is 0 Å². The second-order valence-electron chi connectivity index (χ2n) is 9.01. The molecular formula is C25H32ClN5O2. The maximum atomic E-state index is 12.9. The van der Waals surface area contributed by atoms with Gasteiger partial charge < -0.3 is 10.2 Å². The summed E-state index contributed by atoms with van der Waals surface area (Å²) >= 11 is 5.86. The van der Waals surface area contributed by atoms with Crippen molar-refractivity contribution in [1.29, 1.82) is 0 Å². The number of carbonyl (C=O) groups excluding carboxylic acids is 2.